The third-order valence-electron chi connectivity index (χ3n) is 14.5. The minimum Gasteiger partial charge on any atom is -0.308 e. The molecule has 0 bridgehead atoms. The molecule has 9 aromatic carbocycles. The molecule has 0 aliphatic carbocycles. The van der Waals surface area contributed by atoms with Crippen molar-refractivity contribution in [2.45, 2.75) is 0 Å². The molecule has 0 unspecified atom stereocenters. The number of nitriles is 1. The van der Waals surface area contributed by atoms with E-state index >= 15 is 0 Å². The molecule has 0 aliphatic heterocycles. The fourth-order valence-corrected chi connectivity index (χ4v) is 11.0. The van der Waals surface area contributed by atoms with Gasteiger partial charge in [-0.2, -0.15) is 5.26 Å². The number of nitrogens with zero attached hydrogens (tertiary/aromatic N) is 6. The monoisotopic (exact) mass is 968 g/mol. The zero-order valence-corrected chi connectivity index (χ0v) is 41.1. The summed E-state index contributed by atoms with van der Waals surface area (Å²) < 4.78 is 4.55. The van der Waals surface area contributed by atoms with Crippen LogP contribution in [0.5, 0.6) is 0 Å². The van der Waals surface area contributed by atoms with E-state index < -0.39 is 0 Å². The van der Waals surface area contributed by atoms with Crippen LogP contribution in [0.15, 0.2) is 267 Å². The Kier molecular flexibility index (Phi) is 10.8. The third kappa shape index (κ3) is 7.70. The van der Waals surface area contributed by atoms with Crippen LogP contribution in [0.25, 0.3) is 134 Å². The van der Waals surface area contributed by atoms with Crippen LogP contribution < -0.4 is 0 Å². The average molecular weight is 969 g/mol. The van der Waals surface area contributed by atoms with Gasteiger partial charge in [0.2, 0.25) is 0 Å². The van der Waals surface area contributed by atoms with Gasteiger partial charge in [0.1, 0.15) is 11.6 Å². The number of hydrogen-bond acceptors (Lipinski definition) is 4. The highest BCUT2D eigenvalue weighted by Crippen LogP contribution is 2.42. The van der Waals surface area contributed by atoms with Crippen molar-refractivity contribution in [3.05, 3.63) is 272 Å². The predicted octanol–water partition coefficient (Wildman–Crippen LogP) is 17.6. The van der Waals surface area contributed by atoms with Gasteiger partial charge in [-0.1, -0.05) is 194 Å². The van der Waals surface area contributed by atoms with Crippen LogP contribution in [0.1, 0.15) is 5.56 Å². The van der Waals surface area contributed by atoms with E-state index in [2.05, 4.69) is 258 Å². The molecule has 354 valence electrons. The van der Waals surface area contributed by atoms with E-state index in [1.807, 2.05) is 24.3 Å². The average Bonchev–Trinajstić information content (AvgIpc) is 4.14. The van der Waals surface area contributed by atoms with Gasteiger partial charge in [-0.25, -0.2) is 15.0 Å². The molecule has 0 amide bonds. The van der Waals surface area contributed by atoms with Gasteiger partial charge in [0.15, 0.2) is 0 Å². The van der Waals surface area contributed by atoms with E-state index in [0.29, 0.717) is 5.56 Å². The molecule has 0 radical (unpaired) electrons. The summed E-state index contributed by atoms with van der Waals surface area (Å²) in [5.41, 5.74) is 18.7. The molecule has 6 nitrogen and oxygen atoms in total. The first-order valence-corrected chi connectivity index (χ1v) is 25.5. The predicted molar refractivity (Wildman–Crippen MR) is 311 cm³/mol. The molecule has 14 rings (SSSR count). The minimum absolute atomic E-state index is 0.555. The zero-order valence-electron chi connectivity index (χ0n) is 41.1. The Labute approximate surface area is 439 Å². The highest BCUT2D eigenvalue weighted by atomic mass is 15.0. The van der Waals surface area contributed by atoms with Crippen LogP contribution in [-0.4, -0.2) is 24.1 Å². The van der Waals surface area contributed by atoms with Gasteiger partial charge in [-0.3, -0.25) is 0 Å². The molecule has 5 aromatic heterocycles. The number of aromatic nitrogens is 5. The topological polar surface area (TPSA) is 72.3 Å². The van der Waals surface area contributed by atoms with Crippen LogP contribution >= 0.6 is 0 Å². The highest BCUT2D eigenvalue weighted by molar-refractivity contribution is 6.11. The molecule has 5 heterocycles. The summed E-state index contributed by atoms with van der Waals surface area (Å²) in [6, 6.07) is 95.5. The van der Waals surface area contributed by atoms with Crippen molar-refractivity contribution in [1.82, 2.24) is 24.1 Å². The van der Waals surface area contributed by atoms with E-state index in [1.54, 1.807) is 0 Å². The summed E-state index contributed by atoms with van der Waals surface area (Å²) >= 11 is 0. The molecule has 0 N–H and O–H groups in total. The molecule has 6 heteroatoms. The number of fused-ring (bicyclic) bond motifs is 6. The SMILES string of the molecule is N#Cc1c(-n2c3ccccc3c3ccccc32)cc(-c2cc(-c3cc(-c4ccccc4)nc(-c4ccccc4)c3)nc(-c3cc(-c4ccccc4)nc(-c4ccccc4)c3)c2)cc1-n1c2ccccc2c2ccccc21. The van der Waals surface area contributed by atoms with Crippen molar-refractivity contribution in [3.8, 4) is 96.1 Å². The standard InChI is InChI=1S/C70H44N6/c71-45-58-69(75-65-33-17-13-29-54(65)55-30-14-18-34-66(55)75)43-51(44-70(58)76-67-35-19-15-31-56(67)57-32-16-20-36-68(57)76)50-37-63(52-39-59(46-21-5-1-6-22-46)72-60(40-52)47-23-7-2-8-24-47)74-64(38-50)53-41-61(48-25-9-3-10-26-48)73-62(42-53)49-27-11-4-12-28-49/h1-44H. The molecule has 14 aromatic rings. The van der Waals surface area contributed by atoms with Crippen LogP contribution in [0.2, 0.25) is 0 Å². The first-order chi connectivity index (χ1) is 37.6. The first kappa shape index (κ1) is 44.2. The van der Waals surface area contributed by atoms with Gasteiger partial charge in [0.05, 0.1) is 67.6 Å². The quantitative estimate of drug-likeness (QED) is 0.144. The molecule has 0 aliphatic rings. The fourth-order valence-electron chi connectivity index (χ4n) is 11.0. The number of benzene rings is 9. The smallest absolute Gasteiger partial charge is 0.104 e. The first-order valence-electron chi connectivity index (χ1n) is 25.5. The lowest BCUT2D eigenvalue weighted by atomic mass is 9.95. The molecule has 0 spiro atoms. The number of hydrogen-bond donors (Lipinski definition) is 0. The Morgan fingerprint density at radius 2 is 0.487 bits per heavy atom. The summed E-state index contributed by atoms with van der Waals surface area (Å²) in [4.78, 5) is 16.2. The molecule has 0 saturated carbocycles. The second-order valence-electron chi connectivity index (χ2n) is 19.1. The summed E-state index contributed by atoms with van der Waals surface area (Å²) in [7, 11) is 0. The lowest BCUT2D eigenvalue weighted by Gasteiger charge is -2.19. The van der Waals surface area contributed by atoms with Crippen molar-refractivity contribution in [1.29, 1.82) is 5.26 Å². The molecule has 0 fully saturated rings. The second-order valence-corrected chi connectivity index (χ2v) is 19.1. The van der Waals surface area contributed by atoms with Gasteiger partial charge >= 0.3 is 0 Å². The van der Waals surface area contributed by atoms with E-state index in [0.717, 1.165) is 134 Å². The summed E-state index contributed by atoms with van der Waals surface area (Å²) in [6.07, 6.45) is 0. The lowest BCUT2D eigenvalue weighted by molar-refractivity contribution is 1.12. The number of rotatable bonds is 9. The summed E-state index contributed by atoms with van der Waals surface area (Å²) in [5, 5.41) is 16.2. The van der Waals surface area contributed by atoms with E-state index in [9.17, 15) is 5.26 Å². The number of para-hydroxylation sites is 4. The minimum atomic E-state index is 0.555. The molecule has 76 heavy (non-hydrogen) atoms. The van der Waals surface area contributed by atoms with Crippen molar-refractivity contribution < 1.29 is 0 Å². The van der Waals surface area contributed by atoms with Crippen molar-refractivity contribution in [3.63, 3.8) is 0 Å². The maximum Gasteiger partial charge on any atom is 0.104 e. The summed E-state index contributed by atoms with van der Waals surface area (Å²) in [5.74, 6) is 0. The second kappa shape index (κ2) is 18.5. The van der Waals surface area contributed by atoms with Gasteiger partial charge in [0.25, 0.3) is 0 Å². The third-order valence-corrected chi connectivity index (χ3v) is 14.5. The fraction of sp³-hybridized carbons (Fsp3) is 0. The normalized spacial score (nSPS) is 11.4. The van der Waals surface area contributed by atoms with Crippen LogP contribution in [0.4, 0.5) is 0 Å². The largest absolute Gasteiger partial charge is 0.308 e. The van der Waals surface area contributed by atoms with Crippen molar-refractivity contribution in [2.75, 3.05) is 0 Å². The van der Waals surface area contributed by atoms with Gasteiger partial charge in [-0.15, -0.1) is 0 Å². The van der Waals surface area contributed by atoms with Crippen molar-refractivity contribution in [2.24, 2.45) is 0 Å². The van der Waals surface area contributed by atoms with E-state index in [1.165, 1.54) is 0 Å². The van der Waals surface area contributed by atoms with Crippen LogP contribution in [0, 0.1) is 11.3 Å². The molecular weight excluding hydrogens is 925 g/mol. The Bertz CT molecular complexity index is 4070. The van der Waals surface area contributed by atoms with Crippen molar-refractivity contribution >= 4 is 43.6 Å². The zero-order chi connectivity index (χ0) is 50.5. The van der Waals surface area contributed by atoms with E-state index in [4.69, 9.17) is 15.0 Å². The lowest BCUT2D eigenvalue weighted by Crippen LogP contribution is -2.05. The summed E-state index contributed by atoms with van der Waals surface area (Å²) in [6.45, 7) is 0. The molecule has 0 atom stereocenters. The Morgan fingerprint density at radius 1 is 0.250 bits per heavy atom. The van der Waals surface area contributed by atoms with Gasteiger partial charge in [-0.05, 0) is 83.9 Å². The van der Waals surface area contributed by atoms with Gasteiger partial charge < -0.3 is 9.13 Å². The Balaban J connectivity index is 1.10. The van der Waals surface area contributed by atoms with Crippen LogP contribution in [-0.2, 0) is 0 Å². The molecular formula is C70H44N6. The van der Waals surface area contributed by atoms with E-state index in [-0.39, 0.29) is 0 Å². The maximum atomic E-state index is 11.7. The van der Waals surface area contributed by atoms with Gasteiger partial charge in [0, 0.05) is 54.9 Å². The molecule has 0 saturated heterocycles. The number of pyridine rings is 3. The Morgan fingerprint density at radius 3 is 0.776 bits per heavy atom. The Hall–Kier alpha value is -10.5. The van der Waals surface area contributed by atoms with Crippen LogP contribution in [0.3, 0.4) is 0 Å². The maximum absolute atomic E-state index is 11.7. The highest BCUT2D eigenvalue weighted by Gasteiger charge is 2.24.